The lowest BCUT2D eigenvalue weighted by atomic mass is 9.83. The minimum absolute atomic E-state index is 0.236. The normalized spacial score (nSPS) is 20.1. The number of carbonyl (C=O) groups excluding carboxylic acids is 2. The molecule has 2 aliphatic heterocycles. The summed E-state index contributed by atoms with van der Waals surface area (Å²) >= 11 is 14.4. The van der Waals surface area contributed by atoms with Gasteiger partial charge in [-0.1, -0.05) is 64.5 Å². The van der Waals surface area contributed by atoms with Gasteiger partial charge in [0.05, 0.1) is 23.7 Å². The van der Waals surface area contributed by atoms with Gasteiger partial charge in [-0.3, -0.25) is 14.4 Å². The minimum Gasteiger partial charge on any atom is -0.493 e. The van der Waals surface area contributed by atoms with Crippen LogP contribution in [-0.4, -0.2) is 29.2 Å². The molecule has 3 aromatic carbocycles. The molecule has 7 nitrogen and oxygen atoms in total. The van der Waals surface area contributed by atoms with E-state index in [2.05, 4.69) is 4.98 Å². The second-order valence-electron chi connectivity index (χ2n) is 9.07. The molecule has 3 heterocycles. The van der Waals surface area contributed by atoms with E-state index in [0.717, 1.165) is 27.3 Å². The fourth-order valence-electron chi connectivity index (χ4n) is 5.01. The number of carbonyl (C=O) groups is 2. The third kappa shape index (κ3) is 4.74. The van der Waals surface area contributed by atoms with E-state index in [1.807, 2.05) is 30.3 Å². The minimum atomic E-state index is -0.708. The number of thiazole rings is 1. The lowest BCUT2D eigenvalue weighted by molar-refractivity contribution is -0.122. The molecule has 0 spiro atoms. The molecule has 11 heteroatoms. The Hall–Kier alpha value is -3.24. The Bertz CT molecular complexity index is 1650. The highest BCUT2D eigenvalue weighted by atomic mass is 35.5. The first-order chi connectivity index (χ1) is 18.8. The van der Waals surface area contributed by atoms with Crippen molar-refractivity contribution in [3.8, 4) is 11.5 Å². The number of thioether (sulfide) groups is 1. The maximum atomic E-state index is 13.9. The van der Waals surface area contributed by atoms with Crippen LogP contribution in [0.2, 0.25) is 10.0 Å². The molecule has 2 amide bonds. The lowest BCUT2D eigenvalue weighted by Gasteiger charge is -2.30. The topological polar surface area (TPSA) is 88.7 Å². The van der Waals surface area contributed by atoms with Crippen LogP contribution in [0, 0.1) is 5.92 Å². The van der Waals surface area contributed by atoms with Crippen molar-refractivity contribution in [2.75, 3.05) is 12.0 Å². The van der Waals surface area contributed by atoms with Gasteiger partial charge in [0.2, 0.25) is 11.8 Å². The second kappa shape index (κ2) is 10.4. The number of aromatic amines is 1. The van der Waals surface area contributed by atoms with Crippen LogP contribution in [0.25, 0.3) is 0 Å². The van der Waals surface area contributed by atoms with Crippen molar-refractivity contribution >= 4 is 63.8 Å². The molecule has 0 bridgehead atoms. The van der Waals surface area contributed by atoms with Gasteiger partial charge >= 0.3 is 4.87 Å². The number of anilines is 1. The Morgan fingerprint density at radius 2 is 1.72 bits per heavy atom. The van der Waals surface area contributed by atoms with Crippen molar-refractivity contribution in [1.29, 1.82) is 0 Å². The van der Waals surface area contributed by atoms with Crippen LogP contribution in [0.3, 0.4) is 0 Å². The summed E-state index contributed by atoms with van der Waals surface area (Å²) in [4.78, 5) is 44.3. The maximum absolute atomic E-state index is 13.9. The maximum Gasteiger partial charge on any atom is 0.305 e. The quantitative estimate of drug-likeness (QED) is 0.269. The average molecular weight is 600 g/mol. The number of rotatable bonds is 6. The molecular formula is C28H20Cl2N2O5S2. The highest BCUT2D eigenvalue weighted by Crippen LogP contribution is 2.53. The van der Waals surface area contributed by atoms with E-state index < -0.39 is 17.1 Å². The summed E-state index contributed by atoms with van der Waals surface area (Å²) in [6, 6.07) is 19.4. The van der Waals surface area contributed by atoms with E-state index in [1.165, 1.54) is 23.8 Å². The summed E-state index contributed by atoms with van der Waals surface area (Å²) < 4.78 is 11.7. The number of aromatic nitrogens is 1. The molecule has 4 aromatic rings. The molecule has 2 unspecified atom stereocenters. The molecule has 1 fully saturated rings. The van der Waals surface area contributed by atoms with Crippen molar-refractivity contribution in [1.82, 2.24) is 4.98 Å². The van der Waals surface area contributed by atoms with Gasteiger partial charge in [0.15, 0.2) is 11.5 Å². The van der Waals surface area contributed by atoms with Gasteiger partial charge in [-0.15, -0.1) is 0 Å². The van der Waals surface area contributed by atoms with Crippen LogP contribution < -0.4 is 19.2 Å². The monoisotopic (exact) mass is 598 g/mol. The molecule has 0 saturated carbocycles. The van der Waals surface area contributed by atoms with E-state index >= 15 is 0 Å². The molecule has 0 aliphatic carbocycles. The highest BCUT2D eigenvalue weighted by Gasteiger charge is 2.56. The number of ether oxygens (including phenoxy) is 2. The van der Waals surface area contributed by atoms with Crippen LogP contribution in [0.4, 0.5) is 5.69 Å². The fraction of sp³-hybridized carbons (Fsp3) is 0.179. The number of imide groups is 1. The van der Waals surface area contributed by atoms with Crippen LogP contribution >= 0.6 is 46.3 Å². The molecule has 198 valence electrons. The Morgan fingerprint density at radius 1 is 0.923 bits per heavy atom. The van der Waals surface area contributed by atoms with Crippen molar-refractivity contribution in [2.24, 2.45) is 5.92 Å². The molecule has 3 atom stereocenters. The zero-order chi connectivity index (χ0) is 27.3. The largest absolute Gasteiger partial charge is 0.493 e. The lowest BCUT2D eigenvalue weighted by Crippen LogP contribution is -2.32. The van der Waals surface area contributed by atoms with Gasteiger partial charge in [-0.05, 0) is 59.7 Å². The SMILES string of the molecule is COc1cc([C@H]2c3sc(=O)[nH]c3SC3C(=O)N(c4ccc(Cl)cc4)C(=O)C32)ccc1OCc1cccc(Cl)c1. The van der Waals surface area contributed by atoms with E-state index in [-0.39, 0.29) is 23.3 Å². The van der Waals surface area contributed by atoms with E-state index in [4.69, 9.17) is 32.7 Å². The van der Waals surface area contributed by atoms with Crippen LogP contribution in [0.15, 0.2) is 76.6 Å². The second-order valence-corrected chi connectivity index (χ2v) is 12.1. The van der Waals surface area contributed by atoms with Gasteiger partial charge in [0.1, 0.15) is 11.9 Å². The summed E-state index contributed by atoms with van der Waals surface area (Å²) in [6.07, 6.45) is 0. The number of H-pyrrole nitrogens is 1. The third-order valence-electron chi connectivity index (χ3n) is 6.74. The third-order valence-corrected chi connectivity index (χ3v) is 9.63. The number of amides is 2. The zero-order valence-corrected chi connectivity index (χ0v) is 23.5. The summed E-state index contributed by atoms with van der Waals surface area (Å²) in [5.41, 5.74) is 2.11. The van der Waals surface area contributed by atoms with E-state index in [9.17, 15) is 14.4 Å². The number of hydrogen-bond acceptors (Lipinski definition) is 7. The number of nitrogens with one attached hydrogen (secondary N) is 1. The highest BCUT2D eigenvalue weighted by molar-refractivity contribution is 8.00. The first kappa shape index (κ1) is 26.0. The number of nitrogens with zero attached hydrogens (tertiary/aromatic N) is 1. The van der Waals surface area contributed by atoms with Crippen molar-refractivity contribution < 1.29 is 19.1 Å². The van der Waals surface area contributed by atoms with Gasteiger partial charge in [-0.2, -0.15) is 0 Å². The van der Waals surface area contributed by atoms with E-state index in [0.29, 0.717) is 32.3 Å². The molecule has 6 rings (SSSR count). The Morgan fingerprint density at radius 3 is 2.46 bits per heavy atom. The van der Waals surface area contributed by atoms with Crippen LogP contribution in [-0.2, 0) is 16.2 Å². The Labute approximate surface area is 241 Å². The zero-order valence-electron chi connectivity index (χ0n) is 20.4. The van der Waals surface area contributed by atoms with Crippen molar-refractivity contribution in [3.63, 3.8) is 0 Å². The predicted octanol–water partition coefficient (Wildman–Crippen LogP) is 6.13. The molecule has 2 aliphatic rings. The molecule has 1 aromatic heterocycles. The summed E-state index contributed by atoms with van der Waals surface area (Å²) in [7, 11) is 1.54. The molecule has 0 radical (unpaired) electrons. The van der Waals surface area contributed by atoms with Crippen molar-refractivity contribution in [3.05, 3.63) is 102 Å². The number of benzene rings is 3. The molecular weight excluding hydrogens is 579 g/mol. The Balaban J connectivity index is 1.37. The first-order valence-corrected chi connectivity index (χ1v) is 14.4. The van der Waals surface area contributed by atoms with Gasteiger partial charge in [0, 0.05) is 20.8 Å². The summed E-state index contributed by atoms with van der Waals surface area (Å²) in [5, 5.41) is 1.04. The van der Waals surface area contributed by atoms with Gasteiger partial charge < -0.3 is 14.5 Å². The van der Waals surface area contributed by atoms with Crippen LogP contribution in [0.5, 0.6) is 11.5 Å². The van der Waals surface area contributed by atoms with Crippen molar-refractivity contribution in [2.45, 2.75) is 22.8 Å². The average Bonchev–Trinajstić information content (AvgIpc) is 3.42. The Kier molecular flexibility index (Phi) is 6.93. The smallest absolute Gasteiger partial charge is 0.305 e. The number of hydrogen-bond donors (Lipinski definition) is 1. The number of fused-ring (bicyclic) bond motifs is 2. The van der Waals surface area contributed by atoms with Gasteiger partial charge in [-0.25, -0.2) is 4.90 Å². The standard InChI is InChI=1S/C28H20Cl2N2O5S2/c1-36-20-12-15(5-10-19(20)37-13-14-3-2-4-17(30)11-14)21-22-24(38-25-23(21)39-28(35)31-25)27(34)32(26(22)33)18-8-6-16(29)7-9-18/h2-12,21-22,24H,13H2,1H3,(H,31,35)/t21-,22?,24?/m1/s1. The fourth-order valence-corrected chi connectivity index (χ4v) is 7.86. The predicted molar refractivity (Wildman–Crippen MR) is 153 cm³/mol. The van der Waals surface area contributed by atoms with Gasteiger partial charge in [0.25, 0.3) is 0 Å². The summed E-state index contributed by atoms with van der Waals surface area (Å²) in [6.45, 7) is 0.285. The molecule has 1 saturated heterocycles. The number of halogens is 2. The van der Waals surface area contributed by atoms with E-state index in [1.54, 1.807) is 36.4 Å². The summed E-state index contributed by atoms with van der Waals surface area (Å²) in [5.74, 6) is -0.896. The number of methoxy groups -OCH3 is 1. The molecule has 39 heavy (non-hydrogen) atoms. The molecule has 1 N–H and O–H groups in total. The first-order valence-electron chi connectivity index (χ1n) is 11.9. The van der Waals surface area contributed by atoms with Crippen LogP contribution in [0.1, 0.15) is 21.9 Å².